The molecule has 2 aliphatic carbocycles. The summed E-state index contributed by atoms with van der Waals surface area (Å²) in [5.41, 5.74) is 6.10. The van der Waals surface area contributed by atoms with Gasteiger partial charge in [0.15, 0.2) is 0 Å². The lowest BCUT2D eigenvalue weighted by atomic mass is 9.98. The molecular formula is C11H20N2. The Morgan fingerprint density at radius 1 is 1.08 bits per heavy atom. The van der Waals surface area contributed by atoms with Crippen LogP contribution in [-0.4, -0.2) is 30.6 Å². The molecule has 2 nitrogen and oxygen atoms in total. The van der Waals surface area contributed by atoms with E-state index in [0.29, 0.717) is 6.04 Å². The zero-order valence-corrected chi connectivity index (χ0v) is 8.28. The van der Waals surface area contributed by atoms with Crippen LogP contribution in [0.2, 0.25) is 0 Å². The van der Waals surface area contributed by atoms with Gasteiger partial charge in [-0.15, -0.1) is 0 Å². The van der Waals surface area contributed by atoms with Gasteiger partial charge in [-0.25, -0.2) is 0 Å². The van der Waals surface area contributed by atoms with Gasteiger partial charge in [0.2, 0.25) is 0 Å². The Hall–Kier alpha value is -0.0800. The highest BCUT2D eigenvalue weighted by atomic mass is 15.2. The van der Waals surface area contributed by atoms with Gasteiger partial charge in [-0.3, -0.25) is 0 Å². The summed E-state index contributed by atoms with van der Waals surface area (Å²) in [5.74, 6) is 2.85. The first-order valence-electron chi connectivity index (χ1n) is 5.81. The Kier molecular flexibility index (Phi) is 1.88. The number of nitrogens with zero attached hydrogens (tertiary/aromatic N) is 1. The van der Waals surface area contributed by atoms with Crippen LogP contribution in [0.25, 0.3) is 0 Å². The Balaban J connectivity index is 1.58. The molecule has 0 spiro atoms. The molecule has 13 heavy (non-hydrogen) atoms. The van der Waals surface area contributed by atoms with E-state index in [-0.39, 0.29) is 0 Å². The Labute approximate surface area is 80.5 Å². The molecule has 1 saturated heterocycles. The summed E-state index contributed by atoms with van der Waals surface area (Å²) in [7, 11) is 0. The van der Waals surface area contributed by atoms with E-state index in [1.54, 1.807) is 0 Å². The van der Waals surface area contributed by atoms with Gasteiger partial charge in [0.1, 0.15) is 0 Å². The highest BCUT2D eigenvalue weighted by Gasteiger charge is 2.41. The van der Waals surface area contributed by atoms with Crippen molar-refractivity contribution in [2.45, 2.75) is 31.7 Å². The number of rotatable bonds is 2. The third-order valence-electron chi connectivity index (χ3n) is 4.20. The van der Waals surface area contributed by atoms with Crippen LogP contribution in [0.15, 0.2) is 0 Å². The maximum Gasteiger partial charge on any atom is 0.00826 e. The van der Waals surface area contributed by atoms with Crippen LogP contribution < -0.4 is 5.73 Å². The van der Waals surface area contributed by atoms with E-state index in [4.69, 9.17) is 5.73 Å². The number of hydrogen-bond acceptors (Lipinski definition) is 2. The molecule has 0 amide bonds. The first-order chi connectivity index (χ1) is 6.33. The van der Waals surface area contributed by atoms with E-state index in [1.807, 2.05) is 0 Å². The van der Waals surface area contributed by atoms with Gasteiger partial charge in [0.05, 0.1) is 0 Å². The second kappa shape index (κ2) is 2.96. The quantitative estimate of drug-likeness (QED) is 0.688. The largest absolute Gasteiger partial charge is 0.327 e. The molecule has 74 valence electrons. The molecule has 1 heterocycles. The van der Waals surface area contributed by atoms with Crippen molar-refractivity contribution < 1.29 is 0 Å². The minimum Gasteiger partial charge on any atom is -0.327 e. The summed E-state index contributed by atoms with van der Waals surface area (Å²) in [6.45, 7) is 4.04. The van der Waals surface area contributed by atoms with Crippen molar-refractivity contribution in [3.05, 3.63) is 0 Å². The van der Waals surface area contributed by atoms with Gasteiger partial charge in [0.25, 0.3) is 0 Å². The highest BCUT2D eigenvalue weighted by molar-refractivity contribution is 4.96. The van der Waals surface area contributed by atoms with E-state index < -0.39 is 0 Å². The van der Waals surface area contributed by atoms with E-state index in [1.165, 1.54) is 45.3 Å². The fraction of sp³-hybridized carbons (Fsp3) is 1.00. The van der Waals surface area contributed by atoms with Crippen LogP contribution >= 0.6 is 0 Å². The van der Waals surface area contributed by atoms with Crippen LogP contribution in [0.5, 0.6) is 0 Å². The number of nitrogens with two attached hydrogens (primary N) is 1. The first kappa shape index (κ1) is 8.25. The lowest BCUT2D eigenvalue weighted by Crippen LogP contribution is -2.31. The summed E-state index contributed by atoms with van der Waals surface area (Å²) >= 11 is 0. The normalized spacial score (nSPS) is 45.5. The monoisotopic (exact) mass is 180 g/mol. The van der Waals surface area contributed by atoms with Gasteiger partial charge in [-0.2, -0.15) is 0 Å². The standard InChI is InChI=1S/C11H20N2/c12-11-4-3-9-6-13(7-10(9)11)5-8-1-2-8/h8-11H,1-7,12H2/t9-,10+,11?/m0/s1. The molecule has 0 aromatic rings. The maximum absolute atomic E-state index is 6.10. The van der Waals surface area contributed by atoms with Crippen molar-refractivity contribution in [1.29, 1.82) is 0 Å². The molecule has 3 atom stereocenters. The SMILES string of the molecule is NC1CC[C@H]2CN(CC3CC3)C[C@@H]12. The number of fused-ring (bicyclic) bond motifs is 1. The zero-order valence-electron chi connectivity index (χ0n) is 8.28. The highest BCUT2D eigenvalue weighted by Crippen LogP contribution is 2.39. The molecule has 0 bridgehead atoms. The fourth-order valence-corrected chi connectivity index (χ4v) is 3.21. The predicted molar refractivity (Wildman–Crippen MR) is 53.4 cm³/mol. The van der Waals surface area contributed by atoms with Crippen molar-refractivity contribution >= 4 is 0 Å². The molecule has 0 aromatic carbocycles. The average molecular weight is 180 g/mol. The summed E-state index contributed by atoms with van der Waals surface area (Å²) in [6, 6.07) is 0.522. The predicted octanol–water partition coefficient (Wildman–Crippen LogP) is 1.07. The Morgan fingerprint density at radius 2 is 1.92 bits per heavy atom. The molecular weight excluding hydrogens is 160 g/mol. The lowest BCUT2D eigenvalue weighted by molar-refractivity contribution is 0.294. The molecule has 0 radical (unpaired) electrons. The molecule has 3 aliphatic rings. The van der Waals surface area contributed by atoms with Crippen LogP contribution in [0, 0.1) is 17.8 Å². The minimum absolute atomic E-state index is 0.522. The zero-order chi connectivity index (χ0) is 8.84. The Morgan fingerprint density at radius 3 is 2.62 bits per heavy atom. The van der Waals surface area contributed by atoms with Gasteiger partial charge in [0, 0.05) is 25.7 Å². The lowest BCUT2D eigenvalue weighted by Gasteiger charge is -2.17. The number of hydrogen-bond donors (Lipinski definition) is 1. The van der Waals surface area contributed by atoms with Crippen molar-refractivity contribution in [1.82, 2.24) is 4.90 Å². The summed E-state index contributed by atoms with van der Waals surface area (Å²) < 4.78 is 0. The van der Waals surface area contributed by atoms with Crippen molar-refractivity contribution in [2.24, 2.45) is 23.5 Å². The summed E-state index contributed by atoms with van der Waals surface area (Å²) in [4.78, 5) is 2.67. The smallest absolute Gasteiger partial charge is 0.00826 e. The third kappa shape index (κ3) is 1.50. The molecule has 0 aromatic heterocycles. The summed E-state index contributed by atoms with van der Waals surface area (Å²) in [6.07, 6.45) is 5.65. The molecule has 1 unspecified atom stereocenters. The van der Waals surface area contributed by atoms with Gasteiger partial charge in [-0.05, 0) is 43.4 Å². The van der Waals surface area contributed by atoms with Crippen molar-refractivity contribution in [3.8, 4) is 0 Å². The van der Waals surface area contributed by atoms with E-state index in [0.717, 1.165) is 17.8 Å². The van der Waals surface area contributed by atoms with E-state index >= 15 is 0 Å². The van der Waals surface area contributed by atoms with E-state index in [2.05, 4.69) is 4.90 Å². The number of likely N-dealkylation sites (tertiary alicyclic amines) is 1. The minimum atomic E-state index is 0.522. The van der Waals surface area contributed by atoms with Crippen LogP contribution in [0.3, 0.4) is 0 Å². The molecule has 1 aliphatic heterocycles. The molecule has 2 heteroatoms. The summed E-state index contributed by atoms with van der Waals surface area (Å²) in [5, 5.41) is 0. The van der Waals surface area contributed by atoms with Crippen molar-refractivity contribution in [2.75, 3.05) is 19.6 Å². The average Bonchev–Trinajstić information content (AvgIpc) is 2.71. The van der Waals surface area contributed by atoms with Crippen LogP contribution in [-0.2, 0) is 0 Å². The van der Waals surface area contributed by atoms with Crippen LogP contribution in [0.4, 0.5) is 0 Å². The topological polar surface area (TPSA) is 29.3 Å². The second-order valence-corrected chi connectivity index (χ2v) is 5.33. The first-order valence-corrected chi connectivity index (χ1v) is 5.81. The van der Waals surface area contributed by atoms with Gasteiger partial charge >= 0.3 is 0 Å². The fourth-order valence-electron chi connectivity index (χ4n) is 3.21. The molecule has 3 rings (SSSR count). The Bertz CT molecular complexity index is 200. The molecule has 3 fully saturated rings. The maximum atomic E-state index is 6.10. The van der Waals surface area contributed by atoms with Crippen LogP contribution in [0.1, 0.15) is 25.7 Å². The van der Waals surface area contributed by atoms with Gasteiger partial charge in [-0.1, -0.05) is 0 Å². The van der Waals surface area contributed by atoms with Crippen molar-refractivity contribution in [3.63, 3.8) is 0 Å². The second-order valence-electron chi connectivity index (χ2n) is 5.33. The third-order valence-corrected chi connectivity index (χ3v) is 4.20. The van der Waals surface area contributed by atoms with E-state index in [9.17, 15) is 0 Å². The van der Waals surface area contributed by atoms with Gasteiger partial charge < -0.3 is 10.6 Å². The molecule has 2 saturated carbocycles. The molecule has 2 N–H and O–H groups in total.